The molecule has 0 saturated heterocycles. The van der Waals surface area contributed by atoms with Gasteiger partial charge in [-0.3, -0.25) is 4.79 Å². The minimum atomic E-state index is -0.575. The summed E-state index contributed by atoms with van der Waals surface area (Å²) in [4.78, 5) is 11.0. The van der Waals surface area contributed by atoms with Crippen LogP contribution in [-0.2, 0) is 9.53 Å². The molecule has 0 amide bonds. The van der Waals surface area contributed by atoms with Gasteiger partial charge < -0.3 is 9.84 Å². The van der Waals surface area contributed by atoms with Gasteiger partial charge in [0.2, 0.25) is 0 Å². The van der Waals surface area contributed by atoms with Crippen LogP contribution in [0.25, 0.3) is 0 Å². The van der Waals surface area contributed by atoms with Crippen LogP contribution >= 0.6 is 0 Å². The van der Waals surface area contributed by atoms with Crippen LogP contribution in [0.2, 0.25) is 0 Å². The Morgan fingerprint density at radius 2 is 2.09 bits per heavy atom. The van der Waals surface area contributed by atoms with Crippen LogP contribution in [0.5, 0.6) is 0 Å². The minimum Gasteiger partial charge on any atom is -0.466 e. The molecule has 0 aromatic rings. The smallest absolute Gasteiger partial charge is 0.311 e. The molecular weight excluding hydrogens is 144 g/mol. The lowest BCUT2D eigenvalue weighted by Crippen LogP contribution is -2.26. The molecule has 1 N–H and O–H groups in total. The molecule has 0 aliphatic heterocycles. The number of carbonyl (C=O) groups is 1. The van der Waals surface area contributed by atoms with E-state index in [1.807, 2.05) is 6.92 Å². The molecule has 0 aromatic carbocycles. The van der Waals surface area contributed by atoms with Crippen molar-refractivity contribution in [3.8, 4) is 0 Å². The summed E-state index contributed by atoms with van der Waals surface area (Å²) in [5.74, 6) is -0.721. The van der Waals surface area contributed by atoms with E-state index in [1.165, 1.54) is 0 Å². The number of rotatable bonds is 4. The summed E-state index contributed by atoms with van der Waals surface area (Å²) in [7, 11) is 0. The zero-order valence-corrected chi connectivity index (χ0v) is 7.33. The first kappa shape index (κ1) is 10.4. The van der Waals surface area contributed by atoms with Crippen LogP contribution in [0.1, 0.15) is 27.2 Å². The molecule has 0 saturated carbocycles. The molecule has 2 atom stereocenters. The number of aliphatic hydroxyl groups is 1. The topological polar surface area (TPSA) is 46.5 Å². The lowest BCUT2D eigenvalue weighted by atomic mass is 10.0. The first-order chi connectivity index (χ1) is 5.13. The van der Waals surface area contributed by atoms with Crippen molar-refractivity contribution in [1.29, 1.82) is 0 Å². The van der Waals surface area contributed by atoms with Crippen molar-refractivity contribution < 1.29 is 14.6 Å². The third-order valence-electron chi connectivity index (χ3n) is 1.65. The maximum Gasteiger partial charge on any atom is 0.311 e. The molecule has 11 heavy (non-hydrogen) atoms. The van der Waals surface area contributed by atoms with E-state index in [2.05, 4.69) is 0 Å². The van der Waals surface area contributed by atoms with E-state index in [-0.39, 0.29) is 5.97 Å². The summed E-state index contributed by atoms with van der Waals surface area (Å²) in [6.45, 7) is 5.63. The average Bonchev–Trinajstić information content (AvgIpc) is 2.02. The fraction of sp³-hybridized carbons (Fsp3) is 0.875. The second-order valence-electron chi connectivity index (χ2n) is 2.52. The van der Waals surface area contributed by atoms with E-state index < -0.39 is 12.0 Å². The van der Waals surface area contributed by atoms with Crippen molar-refractivity contribution >= 4 is 5.97 Å². The van der Waals surface area contributed by atoms with E-state index in [0.717, 1.165) is 0 Å². The van der Waals surface area contributed by atoms with Crippen LogP contribution in [0, 0.1) is 5.92 Å². The summed E-state index contributed by atoms with van der Waals surface area (Å²) in [6, 6.07) is 0. The Morgan fingerprint density at radius 3 is 2.45 bits per heavy atom. The Bertz CT molecular complexity index is 123. The molecule has 66 valence electrons. The lowest BCUT2D eigenvalue weighted by Gasteiger charge is -2.14. The van der Waals surface area contributed by atoms with Gasteiger partial charge in [0.05, 0.1) is 18.6 Å². The standard InChI is InChI=1S/C8H16O3/c1-4-7(9)6(3)8(10)11-5-2/h6-7,9H,4-5H2,1-3H3/t6-,7+/m0/s1. The number of aliphatic hydroxyl groups excluding tert-OH is 1. The third-order valence-corrected chi connectivity index (χ3v) is 1.65. The predicted octanol–water partition coefficient (Wildman–Crippen LogP) is 0.957. The molecule has 0 bridgehead atoms. The van der Waals surface area contributed by atoms with Crippen molar-refractivity contribution in [2.45, 2.75) is 33.3 Å². The molecule has 0 aliphatic carbocycles. The number of hydrogen-bond acceptors (Lipinski definition) is 3. The zero-order valence-electron chi connectivity index (χ0n) is 7.33. The van der Waals surface area contributed by atoms with Gasteiger partial charge in [-0.25, -0.2) is 0 Å². The number of esters is 1. The minimum absolute atomic E-state index is 0.318. The van der Waals surface area contributed by atoms with Gasteiger partial charge in [0.1, 0.15) is 0 Å². The zero-order chi connectivity index (χ0) is 8.85. The van der Waals surface area contributed by atoms with Gasteiger partial charge in [0.15, 0.2) is 0 Å². The Morgan fingerprint density at radius 1 is 1.55 bits per heavy atom. The monoisotopic (exact) mass is 160 g/mol. The van der Waals surface area contributed by atoms with Crippen LogP contribution in [-0.4, -0.2) is 23.8 Å². The average molecular weight is 160 g/mol. The molecular formula is C8H16O3. The Balaban J connectivity index is 3.80. The molecule has 0 unspecified atom stereocenters. The van der Waals surface area contributed by atoms with Gasteiger partial charge >= 0.3 is 5.97 Å². The summed E-state index contributed by atoms with van der Waals surface area (Å²) < 4.78 is 4.73. The van der Waals surface area contributed by atoms with Crippen LogP contribution in [0.3, 0.4) is 0 Å². The number of carbonyl (C=O) groups excluding carboxylic acids is 1. The van der Waals surface area contributed by atoms with Crippen molar-refractivity contribution in [2.75, 3.05) is 6.61 Å². The Labute approximate surface area is 67.4 Å². The molecule has 3 heteroatoms. The highest BCUT2D eigenvalue weighted by atomic mass is 16.5. The van der Waals surface area contributed by atoms with Crippen molar-refractivity contribution in [3.63, 3.8) is 0 Å². The van der Waals surface area contributed by atoms with Crippen LogP contribution < -0.4 is 0 Å². The van der Waals surface area contributed by atoms with Gasteiger partial charge in [0.25, 0.3) is 0 Å². The largest absolute Gasteiger partial charge is 0.466 e. The van der Waals surface area contributed by atoms with Gasteiger partial charge in [-0.15, -0.1) is 0 Å². The SMILES string of the molecule is CCOC(=O)[C@@H](C)[C@H](O)CC. The van der Waals surface area contributed by atoms with Gasteiger partial charge in [-0.05, 0) is 20.3 Å². The van der Waals surface area contributed by atoms with Crippen molar-refractivity contribution in [2.24, 2.45) is 5.92 Å². The molecule has 0 rings (SSSR count). The molecule has 0 fully saturated rings. The van der Waals surface area contributed by atoms with Crippen molar-refractivity contribution in [1.82, 2.24) is 0 Å². The number of hydrogen-bond donors (Lipinski definition) is 1. The van der Waals surface area contributed by atoms with E-state index in [1.54, 1.807) is 13.8 Å². The first-order valence-corrected chi connectivity index (χ1v) is 3.98. The molecule has 0 aliphatic rings. The van der Waals surface area contributed by atoms with Crippen LogP contribution in [0.4, 0.5) is 0 Å². The van der Waals surface area contributed by atoms with E-state index >= 15 is 0 Å². The van der Waals surface area contributed by atoms with E-state index in [9.17, 15) is 9.90 Å². The lowest BCUT2D eigenvalue weighted by molar-refractivity contribution is -0.151. The third kappa shape index (κ3) is 3.37. The molecule has 0 aromatic heterocycles. The van der Waals surface area contributed by atoms with Crippen LogP contribution in [0.15, 0.2) is 0 Å². The molecule has 3 nitrogen and oxygen atoms in total. The molecule has 0 radical (unpaired) electrons. The Hall–Kier alpha value is -0.570. The fourth-order valence-electron chi connectivity index (χ4n) is 0.784. The van der Waals surface area contributed by atoms with E-state index in [4.69, 9.17) is 4.74 Å². The fourth-order valence-corrected chi connectivity index (χ4v) is 0.784. The molecule has 0 heterocycles. The second-order valence-corrected chi connectivity index (χ2v) is 2.52. The van der Waals surface area contributed by atoms with Gasteiger partial charge in [0, 0.05) is 0 Å². The maximum atomic E-state index is 11.0. The Kier molecular flexibility index (Phi) is 4.86. The predicted molar refractivity (Wildman–Crippen MR) is 42.1 cm³/mol. The summed E-state index contributed by atoms with van der Waals surface area (Å²) in [6.07, 6.45) is 0.00836. The summed E-state index contributed by atoms with van der Waals surface area (Å²) in [5, 5.41) is 9.22. The highest BCUT2D eigenvalue weighted by Gasteiger charge is 2.20. The van der Waals surface area contributed by atoms with Gasteiger partial charge in [-0.2, -0.15) is 0 Å². The van der Waals surface area contributed by atoms with Crippen molar-refractivity contribution in [3.05, 3.63) is 0 Å². The van der Waals surface area contributed by atoms with Gasteiger partial charge in [-0.1, -0.05) is 6.92 Å². The highest BCUT2D eigenvalue weighted by Crippen LogP contribution is 2.08. The number of ether oxygens (including phenoxy) is 1. The van der Waals surface area contributed by atoms with E-state index in [0.29, 0.717) is 13.0 Å². The highest BCUT2D eigenvalue weighted by molar-refractivity contribution is 5.72. The molecule has 0 spiro atoms. The summed E-state index contributed by atoms with van der Waals surface area (Å²) in [5.41, 5.74) is 0. The second kappa shape index (κ2) is 5.13. The summed E-state index contributed by atoms with van der Waals surface area (Å²) >= 11 is 0. The maximum absolute atomic E-state index is 11.0. The quantitative estimate of drug-likeness (QED) is 0.623. The normalized spacial score (nSPS) is 15.6. The first-order valence-electron chi connectivity index (χ1n) is 3.98.